The van der Waals surface area contributed by atoms with Gasteiger partial charge in [0, 0.05) is 23.2 Å². The molecule has 0 aliphatic heterocycles. The Kier molecular flexibility index (Phi) is 5.70. The van der Waals surface area contributed by atoms with Crippen LogP contribution in [0.3, 0.4) is 0 Å². The molecule has 104 valence electrons. The molecule has 0 aliphatic rings. The summed E-state index contributed by atoms with van der Waals surface area (Å²) in [6.45, 7) is 7.95. The molecule has 1 N–H and O–H groups in total. The summed E-state index contributed by atoms with van der Waals surface area (Å²) in [5, 5.41) is 3.72. The van der Waals surface area contributed by atoms with E-state index in [2.05, 4.69) is 11.9 Å². The zero-order valence-electron chi connectivity index (χ0n) is 11.4. The third-order valence-corrected chi connectivity index (χ3v) is 2.94. The average Bonchev–Trinajstić information content (AvgIpc) is 2.39. The minimum atomic E-state index is -0.403. The zero-order valence-corrected chi connectivity index (χ0v) is 12.1. The van der Waals surface area contributed by atoms with Crippen LogP contribution in [0.25, 0.3) is 0 Å². The van der Waals surface area contributed by atoms with Crippen LogP contribution in [0.2, 0.25) is 5.02 Å². The molecule has 1 rings (SSSR count). The monoisotopic (exact) mass is 283 g/mol. The lowest BCUT2D eigenvalue weighted by Gasteiger charge is -2.13. The first kappa shape index (κ1) is 15.4. The van der Waals surface area contributed by atoms with Gasteiger partial charge in [-0.05, 0) is 25.5 Å². The molecule has 0 saturated carbocycles. The van der Waals surface area contributed by atoms with Gasteiger partial charge >= 0.3 is 5.97 Å². The first-order valence-corrected chi connectivity index (χ1v) is 6.30. The highest BCUT2D eigenvalue weighted by atomic mass is 35.5. The van der Waals surface area contributed by atoms with E-state index in [0.29, 0.717) is 23.0 Å². The van der Waals surface area contributed by atoms with Gasteiger partial charge in [-0.2, -0.15) is 0 Å². The van der Waals surface area contributed by atoms with Gasteiger partial charge in [0.25, 0.3) is 0 Å². The van der Waals surface area contributed by atoms with Crippen LogP contribution in [0.5, 0.6) is 5.75 Å². The number of carbonyl (C=O) groups is 1. The summed E-state index contributed by atoms with van der Waals surface area (Å²) in [4.78, 5) is 11.4. The second-order valence-electron chi connectivity index (χ2n) is 3.98. The molecule has 0 heterocycles. The maximum atomic E-state index is 11.4. The molecule has 0 atom stereocenters. The minimum absolute atomic E-state index is 0.288. The van der Waals surface area contributed by atoms with Crippen molar-refractivity contribution in [2.24, 2.45) is 0 Å². The van der Waals surface area contributed by atoms with Crippen molar-refractivity contribution in [3.8, 4) is 5.75 Å². The number of hydrogen-bond donors (Lipinski definition) is 1. The molecule has 0 unspecified atom stereocenters. The topological polar surface area (TPSA) is 47.6 Å². The van der Waals surface area contributed by atoms with Crippen molar-refractivity contribution in [3.05, 3.63) is 34.9 Å². The lowest BCUT2D eigenvalue weighted by Crippen LogP contribution is -2.15. The Morgan fingerprint density at radius 3 is 2.74 bits per heavy atom. The number of nitrogens with one attached hydrogen (secondary N) is 1. The Bertz CT molecular complexity index is 486. The summed E-state index contributed by atoms with van der Waals surface area (Å²) in [5.41, 5.74) is 2.04. The predicted octanol–water partition coefficient (Wildman–Crippen LogP) is 3.19. The quantitative estimate of drug-likeness (QED) is 0.643. The number of aryl methyl sites for hydroxylation is 1. The first-order valence-electron chi connectivity index (χ1n) is 5.92. The molecule has 0 fully saturated rings. The fourth-order valence-electron chi connectivity index (χ4n) is 1.48. The Hall–Kier alpha value is -1.68. The van der Waals surface area contributed by atoms with Gasteiger partial charge in [-0.25, -0.2) is 4.79 Å². The number of halogens is 1. The molecule has 1 aromatic carbocycles. The molecule has 4 nitrogen and oxygen atoms in total. The summed E-state index contributed by atoms with van der Waals surface area (Å²) < 4.78 is 10.1. The van der Waals surface area contributed by atoms with E-state index in [0.717, 1.165) is 11.3 Å². The Morgan fingerprint density at radius 2 is 2.16 bits per heavy atom. The molecule has 19 heavy (non-hydrogen) atoms. The van der Waals surface area contributed by atoms with E-state index in [-0.39, 0.29) is 6.54 Å². The number of hydrogen-bond acceptors (Lipinski definition) is 4. The smallest absolute Gasteiger partial charge is 0.335 e. The minimum Gasteiger partial charge on any atom is -0.495 e. The van der Waals surface area contributed by atoms with Gasteiger partial charge < -0.3 is 14.8 Å². The van der Waals surface area contributed by atoms with Crippen molar-refractivity contribution in [1.29, 1.82) is 0 Å². The molecule has 0 radical (unpaired) electrons. The van der Waals surface area contributed by atoms with Gasteiger partial charge in [-0.15, -0.1) is 0 Å². The van der Waals surface area contributed by atoms with Gasteiger partial charge in [0.1, 0.15) is 5.75 Å². The van der Waals surface area contributed by atoms with Crippen LogP contribution in [-0.2, 0) is 9.53 Å². The fourth-order valence-corrected chi connectivity index (χ4v) is 1.63. The number of carbonyl (C=O) groups excluding carboxylic acids is 1. The molecule has 0 aromatic heterocycles. The zero-order chi connectivity index (χ0) is 14.4. The van der Waals surface area contributed by atoms with Gasteiger partial charge in [0.05, 0.1) is 19.4 Å². The Labute approximate surface area is 118 Å². The van der Waals surface area contributed by atoms with Crippen LogP contribution in [0.15, 0.2) is 24.3 Å². The molecular weight excluding hydrogens is 266 g/mol. The lowest BCUT2D eigenvalue weighted by atomic mass is 10.2. The van der Waals surface area contributed by atoms with Crippen molar-refractivity contribution in [3.63, 3.8) is 0 Å². The van der Waals surface area contributed by atoms with Crippen LogP contribution < -0.4 is 10.1 Å². The van der Waals surface area contributed by atoms with Crippen molar-refractivity contribution in [1.82, 2.24) is 0 Å². The van der Waals surface area contributed by atoms with Gasteiger partial charge in [-0.1, -0.05) is 18.2 Å². The summed E-state index contributed by atoms with van der Waals surface area (Å²) >= 11 is 6.02. The molecule has 5 heteroatoms. The number of benzene rings is 1. The van der Waals surface area contributed by atoms with E-state index in [4.69, 9.17) is 21.1 Å². The maximum absolute atomic E-state index is 11.4. The number of ether oxygens (including phenoxy) is 2. The Morgan fingerprint density at radius 1 is 1.47 bits per heavy atom. The molecule has 0 aliphatic carbocycles. The van der Waals surface area contributed by atoms with Crippen LogP contribution in [0.1, 0.15) is 12.5 Å². The van der Waals surface area contributed by atoms with Gasteiger partial charge in [0.2, 0.25) is 0 Å². The number of rotatable bonds is 6. The number of methoxy groups -OCH3 is 1. The normalized spacial score (nSPS) is 9.89. The summed E-state index contributed by atoms with van der Waals surface area (Å²) in [6.07, 6.45) is 0. The second kappa shape index (κ2) is 7.04. The SMILES string of the molecule is C=C(CNc1cc(C)c(Cl)cc1OC)C(=O)OCC. The van der Waals surface area contributed by atoms with E-state index in [1.165, 1.54) is 0 Å². The molecule has 1 aromatic rings. The standard InChI is InChI=1S/C14H18ClNO3/c1-5-19-14(17)10(3)8-16-12-6-9(2)11(15)7-13(12)18-4/h6-7,16H,3,5,8H2,1-2,4H3. The predicted molar refractivity (Wildman–Crippen MR) is 77.0 cm³/mol. The molecule has 0 spiro atoms. The molecule has 0 bridgehead atoms. The van der Waals surface area contributed by atoms with E-state index in [1.807, 2.05) is 13.0 Å². The van der Waals surface area contributed by atoms with Crippen molar-refractivity contribution in [2.45, 2.75) is 13.8 Å². The summed E-state index contributed by atoms with van der Waals surface area (Å²) in [6, 6.07) is 3.59. The van der Waals surface area contributed by atoms with Crippen LogP contribution in [0, 0.1) is 6.92 Å². The average molecular weight is 284 g/mol. The highest BCUT2D eigenvalue weighted by Crippen LogP contribution is 2.30. The van der Waals surface area contributed by atoms with Crippen LogP contribution in [-0.4, -0.2) is 26.2 Å². The lowest BCUT2D eigenvalue weighted by molar-refractivity contribution is -0.138. The summed E-state index contributed by atoms with van der Waals surface area (Å²) in [5.74, 6) is 0.215. The second-order valence-corrected chi connectivity index (χ2v) is 4.39. The van der Waals surface area contributed by atoms with E-state index in [1.54, 1.807) is 20.1 Å². The van der Waals surface area contributed by atoms with Crippen LogP contribution in [0.4, 0.5) is 5.69 Å². The summed E-state index contributed by atoms with van der Waals surface area (Å²) in [7, 11) is 1.56. The maximum Gasteiger partial charge on any atom is 0.335 e. The molecular formula is C14H18ClNO3. The van der Waals surface area contributed by atoms with Gasteiger partial charge in [0.15, 0.2) is 0 Å². The van der Waals surface area contributed by atoms with E-state index >= 15 is 0 Å². The third kappa shape index (κ3) is 4.17. The van der Waals surface area contributed by atoms with Crippen molar-refractivity contribution in [2.75, 3.05) is 25.6 Å². The van der Waals surface area contributed by atoms with E-state index < -0.39 is 5.97 Å². The third-order valence-electron chi connectivity index (χ3n) is 2.54. The Balaban J connectivity index is 2.75. The van der Waals surface area contributed by atoms with E-state index in [9.17, 15) is 4.79 Å². The molecule has 0 saturated heterocycles. The van der Waals surface area contributed by atoms with Crippen LogP contribution >= 0.6 is 11.6 Å². The van der Waals surface area contributed by atoms with Gasteiger partial charge in [-0.3, -0.25) is 0 Å². The number of esters is 1. The fraction of sp³-hybridized carbons (Fsp3) is 0.357. The molecule has 0 amide bonds. The highest BCUT2D eigenvalue weighted by molar-refractivity contribution is 6.31. The van der Waals surface area contributed by atoms with Crippen molar-refractivity contribution >= 4 is 23.3 Å². The highest BCUT2D eigenvalue weighted by Gasteiger charge is 2.10. The largest absolute Gasteiger partial charge is 0.495 e. The van der Waals surface area contributed by atoms with Crippen molar-refractivity contribution < 1.29 is 14.3 Å². The number of anilines is 1. The first-order chi connectivity index (χ1) is 8.99.